The number of esters is 1. The lowest BCUT2D eigenvalue weighted by atomic mass is 9.83. The number of carboxylic acids is 1. The molecule has 0 amide bonds. The van der Waals surface area contributed by atoms with Crippen LogP contribution < -0.4 is 0 Å². The second kappa shape index (κ2) is 4.16. The minimum atomic E-state index is -0.994. The van der Waals surface area contributed by atoms with Crippen molar-refractivity contribution >= 4 is 11.9 Å². The quantitative estimate of drug-likeness (QED) is 0.466. The van der Waals surface area contributed by atoms with Crippen LogP contribution in [-0.2, 0) is 14.3 Å². The van der Waals surface area contributed by atoms with E-state index in [1.807, 2.05) is 12.2 Å². The Morgan fingerprint density at radius 2 is 1.89 bits per heavy atom. The Kier molecular flexibility index (Phi) is 2.94. The molecule has 0 aromatic heterocycles. The molecular weight excluding hydrogens is 232 g/mol. The fraction of sp³-hybridized carbons (Fsp3) is 0.571. The molecule has 4 atom stereocenters. The van der Waals surface area contributed by atoms with Crippen LogP contribution >= 0.6 is 0 Å². The van der Waals surface area contributed by atoms with Gasteiger partial charge in [-0.1, -0.05) is 18.1 Å². The van der Waals surface area contributed by atoms with Gasteiger partial charge in [0.2, 0.25) is 0 Å². The highest BCUT2D eigenvalue weighted by atomic mass is 16.6. The summed E-state index contributed by atoms with van der Waals surface area (Å²) in [4.78, 5) is 23.4. The highest BCUT2D eigenvalue weighted by Gasteiger charge is 2.53. The Bertz CT molecular complexity index is 455. The van der Waals surface area contributed by atoms with Crippen molar-refractivity contribution in [1.82, 2.24) is 0 Å². The van der Waals surface area contributed by atoms with Crippen molar-refractivity contribution in [1.29, 1.82) is 0 Å². The zero-order chi connectivity index (χ0) is 13.5. The molecule has 0 saturated heterocycles. The molecule has 4 nitrogen and oxygen atoms in total. The van der Waals surface area contributed by atoms with Gasteiger partial charge in [-0.2, -0.15) is 0 Å². The summed E-state index contributed by atoms with van der Waals surface area (Å²) in [6.07, 6.45) is 9.79. The van der Waals surface area contributed by atoms with Gasteiger partial charge in [0.05, 0.1) is 11.8 Å². The molecule has 2 bridgehead atoms. The Balaban J connectivity index is 2.18. The second-order valence-electron chi connectivity index (χ2n) is 5.41. The third kappa shape index (κ3) is 2.01. The van der Waals surface area contributed by atoms with E-state index in [9.17, 15) is 14.7 Å². The summed E-state index contributed by atoms with van der Waals surface area (Å²) in [6.45, 7) is 3.23. The van der Waals surface area contributed by atoms with E-state index < -0.39 is 29.4 Å². The number of terminal acetylenes is 1. The second-order valence-corrected chi connectivity index (χ2v) is 5.41. The number of ether oxygens (including phenoxy) is 1. The van der Waals surface area contributed by atoms with Gasteiger partial charge in [0.15, 0.2) is 5.60 Å². The lowest BCUT2D eigenvalue weighted by molar-refractivity contribution is -0.164. The van der Waals surface area contributed by atoms with Gasteiger partial charge in [-0.05, 0) is 32.1 Å². The summed E-state index contributed by atoms with van der Waals surface area (Å²) in [6, 6.07) is 0. The average Bonchev–Trinajstić information content (AvgIpc) is 2.87. The van der Waals surface area contributed by atoms with Crippen LogP contribution in [0, 0.1) is 36.0 Å². The summed E-state index contributed by atoms with van der Waals surface area (Å²) < 4.78 is 5.23. The van der Waals surface area contributed by atoms with Crippen LogP contribution in [0.25, 0.3) is 0 Å². The number of allylic oxidation sites excluding steroid dienone is 2. The molecule has 0 aromatic rings. The van der Waals surface area contributed by atoms with E-state index in [4.69, 9.17) is 11.2 Å². The van der Waals surface area contributed by atoms with Crippen molar-refractivity contribution < 1.29 is 19.4 Å². The van der Waals surface area contributed by atoms with Crippen molar-refractivity contribution in [3.8, 4) is 12.3 Å². The molecule has 0 unspecified atom stereocenters. The molecule has 0 spiro atoms. The Labute approximate surface area is 106 Å². The van der Waals surface area contributed by atoms with Gasteiger partial charge in [0, 0.05) is 0 Å². The Hall–Kier alpha value is -1.76. The molecule has 1 N–H and O–H groups in total. The number of carboxylic acid groups (broad SMARTS) is 1. The first-order valence-corrected chi connectivity index (χ1v) is 5.97. The van der Waals surface area contributed by atoms with E-state index in [0.29, 0.717) is 6.42 Å². The summed E-state index contributed by atoms with van der Waals surface area (Å²) in [5.74, 6) is -0.433. The molecule has 0 aliphatic heterocycles. The van der Waals surface area contributed by atoms with Crippen LogP contribution in [0.2, 0.25) is 0 Å². The van der Waals surface area contributed by atoms with E-state index in [2.05, 4.69) is 5.92 Å². The fourth-order valence-corrected chi connectivity index (χ4v) is 2.83. The van der Waals surface area contributed by atoms with Crippen molar-refractivity contribution in [3.63, 3.8) is 0 Å². The Morgan fingerprint density at radius 3 is 2.39 bits per heavy atom. The maximum atomic E-state index is 12.1. The van der Waals surface area contributed by atoms with E-state index in [1.165, 1.54) is 0 Å². The zero-order valence-corrected chi connectivity index (χ0v) is 10.4. The van der Waals surface area contributed by atoms with E-state index in [0.717, 1.165) is 0 Å². The maximum Gasteiger partial charge on any atom is 0.311 e. The summed E-state index contributed by atoms with van der Waals surface area (Å²) >= 11 is 0. The molecule has 2 aliphatic carbocycles. The third-order valence-electron chi connectivity index (χ3n) is 3.72. The lowest BCUT2D eigenvalue weighted by Crippen LogP contribution is -2.38. The summed E-state index contributed by atoms with van der Waals surface area (Å²) in [5.41, 5.74) is -0.994. The topological polar surface area (TPSA) is 63.6 Å². The molecule has 96 valence electrons. The molecule has 18 heavy (non-hydrogen) atoms. The van der Waals surface area contributed by atoms with Crippen LogP contribution in [-0.4, -0.2) is 22.6 Å². The predicted molar refractivity (Wildman–Crippen MR) is 64.4 cm³/mol. The zero-order valence-electron chi connectivity index (χ0n) is 10.4. The van der Waals surface area contributed by atoms with Crippen molar-refractivity contribution in [2.24, 2.45) is 23.7 Å². The van der Waals surface area contributed by atoms with E-state index in [1.54, 1.807) is 13.8 Å². The molecule has 2 rings (SSSR count). The number of aliphatic carboxylic acids is 1. The van der Waals surface area contributed by atoms with E-state index >= 15 is 0 Å². The first kappa shape index (κ1) is 12.7. The van der Waals surface area contributed by atoms with E-state index in [-0.39, 0.29) is 11.8 Å². The number of fused-ring (bicyclic) bond motifs is 2. The highest BCUT2D eigenvalue weighted by molar-refractivity contribution is 5.83. The third-order valence-corrected chi connectivity index (χ3v) is 3.72. The van der Waals surface area contributed by atoms with Crippen LogP contribution in [0.4, 0.5) is 0 Å². The minimum absolute atomic E-state index is 0.0304. The number of carbonyl (C=O) groups is 2. The summed E-state index contributed by atoms with van der Waals surface area (Å²) in [5, 5.41) is 9.23. The van der Waals surface area contributed by atoms with Gasteiger partial charge in [0.1, 0.15) is 0 Å². The van der Waals surface area contributed by atoms with Gasteiger partial charge in [-0.3, -0.25) is 9.59 Å². The van der Waals surface area contributed by atoms with Gasteiger partial charge in [-0.25, -0.2) is 0 Å². The number of rotatable bonds is 3. The first-order valence-electron chi connectivity index (χ1n) is 5.97. The number of hydrogen-bond donors (Lipinski definition) is 1. The SMILES string of the molecule is C#CC(C)(C)OC(=O)[C@H]1[C@@H](C(=O)O)[C@H]2C=C[C@H]1C2. The van der Waals surface area contributed by atoms with Crippen molar-refractivity contribution in [2.75, 3.05) is 0 Å². The fourth-order valence-electron chi connectivity index (χ4n) is 2.83. The lowest BCUT2D eigenvalue weighted by Gasteiger charge is -2.27. The Morgan fingerprint density at radius 1 is 1.33 bits per heavy atom. The monoisotopic (exact) mass is 248 g/mol. The normalized spacial score (nSPS) is 33.2. The molecule has 2 aliphatic rings. The van der Waals surface area contributed by atoms with Gasteiger partial charge < -0.3 is 9.84 Å². The van der Waals surface area contributed by atoms with Crippen LogP contribution in [0.3, 0.4) is 0 Å². The standard InChI is InChI=1S/C14H16O4/c1-4-14(2,3)18-13(17)11-9-6-5-8(7-9)10(11)12(15)16/h1,5-6,8-11H,7H2,2-3H3,(H,15,16)/t8-,9-,10-,11+/m0/s1. The highest BCUT2D eigenvalue weighted by Crippen LogP contribution is 2.48. The average molecular weight is 248 g/mol. The minimum Gasteiger partial charge on any atom is -0.481 e. The molecule has 1 fully saturated rings. The maximum absolute atomic E-state index is 12.1. The molecular formula is C14H16O4. The molecule has 1 saturated carbocycles. The van der Waals surface area contributed by atoms with Gasteiger partial charge in [-0.15, -0.1) is 6.42 Å². The van der Waals surface area contributed by atoms with Crippen molar-refractivity contribution in [2.45, 2.75) is 25.9 Å². The summed E-state index contributed by atoms with van der Waals surface area (Å²) in [7, 11) is 0. The number of carbonyl (C=O) groups excluding carboxylic acids is 1. The van der Waals surface area contributed by atoms with Gasteiger partial charge >= 0.3 is 11.9 Å². The molecule has 0 radical (unpaired) electrons. The van der Waals surface area contributed by atoms with Crippen LogP contribution in [0.5, 0.6) is 0 Å². The van der Waals surface area contributed by atoms with Gasteiger partial charge in [0.25, 0.3) is 0 Å². The first-order chi connectivity index (χ1) is 8.35. The predicted octanol–water partition coefficient (Wildman–Crippen LogP) is 1.46. The molecule has 4 heteroatoms. The molecule has 0 aromatic carbocycles. The number of hydrogen-bond acceptors (Lipinski definition) is 3. The van der Waals surface area contributed by atoms with Crippen LogP contribution in [0.1, 0.15) is 20.3 Å². The van der Waals surface area contributed by atoms with Crippen molar-refractivity contribution in [3.05, 3.63) is 12.2 Å². The smallest absolute Gasteiger partial charge is 0.311 e. The largest absolute Gasteiger partial charge is 0.481 e. The molecule has 0 heterocycles. The van der Waals surface area contributed by atoms with Crippen LogP contribution in [0.15, 0.2) is 12.2 Å².